The van der Waals surface area contributed by atoms with Crippen LogP contribution in [-0.2, 0) is 0 Å². The van der Waals surface area contributed by atoms with Gasteiger partial charge < -0.3 is 4.74 Å². The summed E-state index contributed by atoms with van der Waals surface area (Å²) in [6, 6.07) is 13.1. The fraction of sp³-hybridized carbons (Fsp3) is 0.267. The SMILES string of the molecule is CCCCOc1ccc(N=Nc2ccccn2)cc1. The number of unbranched alkanes of at least 4 members (excludes halogenated alkanes) is 1. The highest BCUT2D eigenvalue weighted by Gasteiger charge is 1.94. The fourth-order valence-corrected chi connectivity index (χ4v) is 1.47. The van der Waals surface area contributed by atoms with E-state index < -0.39 is 0 Å². The minimum absolute atomic E-state index is 0.603. The van der Waals surface area contributed by atoms with Gasteiger partial charge in [0, 0.05) is 6.20 Å². The molecule has 0 spiro atoms. The van der Waals surface area contributed by atoms with Crippen LogP contribution in [0.2, 0.25) is 0 Å². The van der Waals surface area contributed by atoms with Gasteiger partial charge in [-0.1, -0.05) is 19.4 Å². The maximum atomic E-state index is 5.58. The molecule has 2 aromatic rings. The number of nitrogens with zero attached hydrogens (tertiary/aromatic N) is 3. The van der Waals surface area contributed by atoms with E-state index in [9.17, 15) is 0 Å². The second-order valence-electron chi connectivity index (χ2n) is 4.08. The molecule has 4 heteroatoms. The molecule has 0 fully saturated rings. The van der Waals surface area contributed by atoms with Gasteiger partial charge in [0.2, 0.25) is 0 Å². The lowest BCUT2D eigenvalue weighted by molar-refractivity contribution is 0.309. The van der Waals surface area contributed by atoms with Gasteiger partial charge in [-0.2, -0.15) is 0 Å². The first-order valence-corrected chi connectivity index (χ1v) is 6.44. The normalized spacial score (nSPS) is 10.8. The third-order valence-corrected chi connectivity index (χ3v) is 2.52. The van der Waals surface area contributed by atoms with Gasteiger partial charge in [0.05, 0.1) is 12.3 Å². The van der Waals surface area contributed by atoms with E-state index in [2.05, 4.69) is 22.1 Å². The van der Waals surface area contributed by atoms with Crippen LogP contribution in [0.3, 0.4) is 0 Å². The van der Waals surface area contributed by atoms with E-state index >= 15 is 0 Å². The van der Waals surface area contributed by atoms with E-state index in [4.69, 9.17) is 4.74 Å². The van der Waals surface area contributed by atoms with Crippen molar-refractivity contribution < 1.29 is 4.74 Å². The first-order chi connectivity index (χ1) is 9.38. The van der Waals surface area contributed by atoms with Crippen LogP contribution in [0, 0.1) is 0 Å². The molecule has 2 rings (SSSR count). The number of pyridine rings is 1. The van der Waals surface area contributed by atoms with Crippen molar-refractivity contribution in [3.63, 3.8) is 0 Å². The molecule has 0 atom stereocenters. The zero-order chi connectivity index (χ0) is 13.3. The molecule has 0 aliphatic heterocycles. The Morgan fingerprint density at radius 3 is 2.58 bits per heavy atom. The Bertz CT molecular complexity index is 509. The Morgan fingerprint density at radius 2 is 1.89 bits per heavy atom. The van der Waals surface area contributed by atoms with Gasteiger partial charge in [0.1, 0.15) is 5.75 Å². The highest BCUT2D eigenvalue weighted by molar-refractivity contribution is 5.41. The molecule has 0 bridgehead atoms. The minimum Gasteiger partial charge on any atom is -0.494 e. The van der Waals surface area contributed by atoms with Gasteiger partial charge in [0.25, 0.3) is 0 Å². The molecule has 98 valence electrons. The van der Waals surface area contributed by atoms with E-state index in [0.717, 1.165) is 30.9 Å². The number of hydrogen-bond acceptors (Lipinski definition) is 4. The third-order valence-electron chi connectivity index (χ3n) is 2.52. The summed E-state index contributed by atoms with van der Waals surface area (Å²) in [5, 5.41) is 8.18. The molecule has 0 saturated heterocycles. The predicted molar refractivity (Wildman–Crippen MR) is 75.3 cm³/mol. The Kier molecular flexibility index (Phi) is 5.05. The van der Waals surface area contributed by atoms with Crippen LogP contribution < -0.4 is 4.74 Å². The molecule has 1 heterocycles. The second-order valence-corrected chi connectivity index (χ2v) is 4.08. The van der Waals surface area contributed by atoms with Gasteiger partial charge in [-0.15, -0.1) is 10.2 Å². The summed E-state index contributed by atoms with van der Waals surface area (Å²) in [6.45, 7) is 2.90. The number of ether oxygens (including phenoxy) is 1. The molecule has 1 aromatic carbocycles. The topological polar surface area (TPSA) is 46.8 Å². The Labute approximate surface area is 113 Å². The van der Waals surface area contributed by atoms with Crippen molar-refractivity contribution in [2.45, 2.75) is 19.8 Å². The van der Waals surface area contributed by atoms with Gasteiger partial charge in [-0.25, -0.2) is 4.98 Å². The van der Waals surface area contributed by atoms with E-state index in [-0.39, 0.29) is 0 Å². The van der Waals surface area contributed by atoms with Crippen molar-refractivity contribution in [1.82, 2.24) is 4.98 Å². The Hall–Kier alpha value is -2.23. The third kappa shape index (κ3) is 4.50. The summed E-state index contributed by atoms with van der Waals surface area (Å²) < 4.78 is 5.58. The van der Waals surface area contributed by atoms with Crippen molar-refractivity contribution in [3.8, 4) is 5.75 Å². The molecule has 4 nitrogen and oxygen atoms in total. The van der Waals surface area contributed by atoms with Crippen LogP contribution in [0.15, 0.2) is 58.9 Å². The van der Waals surface area contributed by atoms with E-state index in [1.807, 2.05) is 42.5 Å². The molecular formula is C15H17N3O. The zero-order valence-corrected chi connectivity index (χ0v) is 11.0. The highest BCUT2D eigenvalue weighted by atomic mass is 16.5. The number of rotatable bonds is 6. The lowest BCUT2D eigenvalue weighted by Crippen LogP contribution is -1.95. The molecule has 0 aliphatic rings. The van der Waals surface area contributed by atoms with Crippen molar-refractivity contribution in [1.29, 1.82) is 0 Å². The molecule has 0 radical (unpaired) electrons. The molecule has 0 saturated carbocycles. The first kappa shape index (κ1) is 13.2. The fourth-order valence-electron chi connectivity index (χ4n) is 1.47. The lowest BCUT2D eigenvalue weighted by Gasteiger charge is -2.04. The summed E-state index contributed by atoms with van der Waals surface area (Å²) in [6.07, 6.45) is 3.90. The molecule has 0 N–H and O–H groups in total. The zero-order valence-electron chi connectivity index (χ0n) is 11.0. The van der Waals surface area contributed by atoms with Crippen molar-refractivity contribution >= 4 is 11.5 Å². The number of benzene rings is 1. The number of azo groups is 1. The van der Waals surface area contributed by atoms with Gasteiger partial charge >= 0.3 is 0 Å². The lowest BCUT2D eigenvalue weighted by atomic mass is 10.3. The van der Waals surface area contributed by atoms with Gasteiger partial charge in [-0.05, 0) is 42.8 Å². The number of hydrogen-bond donors (Lipinski definition) is 0. The molecule has 1 aromatic heterocycles. The Morgan fingerprint density at radius 1 is 1.05 bits per heavy atom. The summed E-state index contributed by atoms with van der Waals surface area (Å²) in [4.78, 5) is 4.08. The predicted octanol–water partition coefficient (Wildman–Crippen LogP) is 4.68. The van der Waals surface area contributed by atoms with Crippen LogP contribution in [0.25, 0.3) is 0 Å². The minimum atomic E-state index is 0.603. The largest absolute Gasteiger partial charge is 0.494 e. The van der Waals surface area contributed by atoms with Crippen molar-refractivity contribution in [3.05, 3.63) is 48.7 Å². The monoisotopic (exact) mass is 255 g/mol. The van der Waals surface area contributed by atoms with Crippen LogP contribution >= 0.6 is 0 Å². The summed E-state index contributed by atoms with van der Waals surface area (Å²) >= 11 is 0. The second kappa shape index (κ2) is 7.26. The van der Waals surface area contributed by atoms with Crippen molar-refractivity contribution in [2.75, 3.05) is 6.61 Å². The maximum Gasteiger partial charge on any atom is 0.174 e. The smallest absolute Gasteiger partial charge is 0.174 e. The van der Waals surface area contributed by atoms with Crippen molar-refractivity contribution in [2.24, 2.45) is 10.2 Å². The van der Waals surface area contributed by atoms with E-state index in [1.165, 1.54) is 0 Å². The number of aromatic nitrogens is 1. The van der Waals surface area contributed by atoms with E-state index in [0.29, 0.717) is 5.82 Å². The maximum absolute atomic E-state index is 5.58. The van der Waals surface area contributed by atoms with Crippen LogP contribution in [0.5, 0.6) is 5.75 Å². The molecular weight excluding hydrogens is 238 g/mol. The van der Waals surface area contributed by atoms with Crippen LogP contribution in [0.1, 0.15) is 19.8 Å². The van der Waals surface area contributed by atoms with Gasteiger partial charge in [-0.3, -0.25) is 0 Å². The van der Waals surface area contributed by atoms with Crippen LogP contribution in [0.4, 0.5) is 11.5 Å². The first-order valence-electron chi connectivity index (χ1n) is 6.44. The molecule has 0 aliphatic carbocycles. The quantitative estimate of drug-likeness (QED) is 0.556. The van der Waals surface area contributed by atoms with Gasteiger partial charge in [0.15, 0.2) is 5.82 Å². The average Bonchev–Trinajstić information content (AvgIpc) is 2.48. The molecule has 0 unspecified atom stereocenters. The average molecular weight is 255 g/mol. The standard InChI is InChI=1S/C15H17N3O/c1-2-3-12-19-14-9-7-13(8-10-14)17-18-15-6-4-5-11-16-15/h4-11H,2-3,12H2,1H3. The van der Waals surface area contributed by atoms with E-state index in [1.54, 1.807) is 6.20 Å². The highest BCUT2D eigenvalue weighted by Crippen LogP contribution is 2.20. The summed E-state index contributed by atoms with van der Waals surface area (Å²) in [5.74, 6) is 1.47. The van der Waals surface area contributed by atoms with Crippen LogP contribution in [-0.4, -0.2) is 11.6 Å². The molecule has 19 heavy (non-hydrogen) atoms. The Balaban J connectivity index is 1.93. The summed E-state index contributed by atoms with van der Waals surface area (Å²) in [5.41, 5.74) is 0.786. The summed E-state index contributed by atoms with van der Waals surface area (Å²) in [7, 11) is 0. The molecule has 0 amide bonds.